The van der Waals surface area contributed by atoms with Crippen LogP contribution in [0.25, 0.3) is 0 Å². The first-order valence-corrected chi connectivity index (χ1v) is 6.23. The van der Waals surface area contributed by atoms with Crippen molar-refractivity contribution in [2.24, 2.45) is 0 Å². The van der Waals surface area contributed by atoms with Crippen molar-refractivity contribution in [3.63, 3.8) is 0 Å². The van der Waals surface area contributed by atoms with Crippen molar-refractivity contribution in [1.82, 2.24) is 9.97 Å². The smallest absolute Gasteiger partial charge is 0.158 e. The molecule has 0 aliphatic heterocycles. The summed E-state index contributed by atoms with van der Waals surface area (Å²) in [5, 5.41) is 10.3. The van der Waals surface area contributed by atoms with Gasteiger partial charge in [-0.1, -0.05) is 11.6 Å². The van der Waals surface area contributed by atoms with E-state index in [9.17, 15) is 5.11 Å². The van der Waals surface area contributed by atoms with Crippen LogP contribution >= 0.6 is 11.6 Å². The van der Waals surface area contributed by atoms with Crippen LogP contribution < -0.4 is 4.90 Å². The number of rotatable bonds is 6. The van der Waals surface area contributed by atoms with Gasteiger partial charge in [-0.3, -0.25) is 0 Å². The van der Waals surface area contributed by atoms with E-state index in [-0.39, 0.29) is 0 Å². The van der Waals surface area contributed by atoms with Crippen molar-refractivity contribution >= 4 is 17.4 Å². The zero-order valence-electron chi connectivity index (χ0n) is 11.3. The highest BCUT2D eigenvalue weighted by Gasteiger charge is 2.19. The van der Waals surface area contributed by atoms with E-state index in [4.69, 9.17) is 16.3 Å². The van der Waals surface area contributed by atoms with Crippen LogP contribution in [0, 0.1) is 0 Å². The molecule has 0 radical (unpaired) electrons. The summed E-state index contributed by atoms with van der Waals surface area (Å²) in [4.78, 5) is 10.4. The van der Waals surface area contributed by atoms with Crippen molar-refractivity contribution < 1.29 is 9.84 Å². The van der Waals surface area contributed by atoms with Crippen LogP contribution in [0.3, 0.4) is 0 Å². The Kier molecular flexibility index (Phi) is 5.31. The average molecular weight is 274 g/mol. The number of methoxy groups -OCH3 is 1. The van der Waals surface area contributed by atoms with Crippen LogP contribution in [0.1, 0.15) is 26.6 Å². The normalized spacial score (nSPS) is 11.7. The average Bonchev–Trinajstić information content (AvgIpc) is 2.24. The molecular weight excluding hydrogens is 254 g/mol. The maximum Gasteiger partial charge on any atom is 0.158 e. The SMILES string of the molecule is CCN(CC(C)(C)O)c1cc(Cl)nc(COC)n1. The van der Waals surface area contributed by atoms with Crippen molar-refractivity contribution in [2.75, 3.05) is 25.1 Å². The van der Waals surface area contributed by atoms with Crippen molar-refractivity contribution in [1.29, 1.82) is 0 Å². The van der Waals surface area contributed by atoms with Gasteiger partial charge in [-0.25, -0.2) is 9.97 Å². The summed E-state index contributed by atoms with van der Waals surface area (Å²) in [5.41, 5.74) is -0.797. The maximum atomic E-state index is 9.88. The molecule has 1 heterocycles. The van der Waals surface area contributed by atoms with E-state index in [0.29, 0.717) is 29.9 Å². The van der Waals surface area contributed by atoms with Crippen molar-refractivity contribution in [2.45, 2.75) is 33.0 Å². The van der Waals surface area contributed by atoms with Crippen LogP contribution in [0.2, 0.25) is 5.15 Å². The lowest BCUT2D eigenvalue weighted by Gasteiger charge is -2.29. The summed E-state index contributed by atoms with van der Waals surface area (Å²) in [6.45, 7) is 7.03. The standard InChI is InChI=1S/C12H20ClN3O2/c1-5-16(8-12(2,3)17)11-6-9(13)14-10(15-11)7-18-4/h6,17H,5,7-8H2,1-4H3. The molecule has 1 rings (SSSR count). The van der Waals surface area contributed by atoms with Gasteiger partial charge in [0.25, 0.3) is 0 Å². The summed E-state index contributed by atoms with van der Waals surface area (Å²) in [6.07, 6.45) is 0. The topological polar surface area (TPSA) is 58.5 Å². The van der Waals surface area contributed by atoms with Gasteiger partial charge in [-0.2, -0.15) is 0 Å². The molecular formula is C12H20ClN3O2. The van der Waals surface area contributed by atoms with E-state index >= 15 is 0 Å². The van der Waals surface area contributed by atoms with Gasteiger partial charge < -0.3 is 14.7 Å². The first-order valence-electron chi connectivity index (χ1n) is 5.85. The number of likely N-dealkylation sites (N-methyl/N-ethyl adjacent to an activating group) is 1. The molecule has 18 heavy (non-hydrogen) atoms. The fourth-order valence-corrected chi connectivity index (χ4v) is 1.82. The Morgan fingerprint density at radius 2 is 2.11 bits per heavy atom. The highest BCUT2D eigenvalue weighted by molar-refractivity contribution is 6.29. The molecule has 0 aliphatic rings. The monoisotopic (exact) mass is 273 g/mol. The number of nitrogens with zero attached hydrogens (tertiary/aromatic N) is 3. The minimum absolute atomic E-state index is 0.313. The Bertz CT molecular complexity index is 393. The molecule has 1 aromatic rings. The zero-order valence-corrected chi connectivity index (χ0v) is 12.0. The highest BCUT2D eigenvalue weighted by Crippen LogP contribution is 2.18. The van der Waals surface area contributed by atoms with Gasteiger partial charge in [0.1, 0.15) is 17.6 Å². The maximum absolute atomic E-state index is 9.88. The second-order valence-electron chi connectivity index (χ2n) is 4.72. The molecule has 0 atom stereocenters. The Morgan fingerprint density at radius 3 is 2.61 bits per heavy atom. The first-order chi connectivity index (χ1) is 8.35. The molecule has 0 saturated carbocycles. The largest absolute Gasteiger partial charge is 0.389 e. The molecule has 0 amide bonds. The Balaban J connectivity index is 2.98. The van der Waals surface area contributed by atoms with Gasteiger partial charge in [0.15, 0.2) is 5.82 Å². The van der Waals surface area contributed by atoms with E-state index in [1.165, 1.54) is 0 Å². The summed E-state index contributed by atoms with van der Waals surface area (Å²) in [5.74, 6) is 1.24. The zero-order chi connectivity index (χ0) is 13.8. The van der Waals surface area contributed by atoms with Crippen LogP contribution in [0.5, 0.6) is 0 Å². The van der Waals surface area contributed by atoms with E-state index in [1.54, 1.807) is 27.0 Å². The summed E-state index contributed by atoms with van der Waals surface area (Å²) >= 11 is 5.96. The molecule has 0 aliphatic carbocycles. The number of halogens is 1. The lowest BCUT2D eigenvalue weighted by molar-refractivity contribution is 0.0873. The summed E-state index contributed by atoms with van der Waals surface area (Å²) in [7, 11) is 1.58. The number of aliphatic hydroxyl groups is 1. The third-order valence-electron chi connectivity index (χ3n) is 2.28. The van der Waals surface area contributed by atoms with Gasteiger partial charge in [0, 0.05) is 26.3 Å². The molecule has 0 aromatic carbocycles. The Hall–Kier alpha value is -0.910. The molecule has 5 nitrogen and oxygen atoms in total. The highest BCUT2D eigenvalue weighted by atomic mass is 35.5. The van der Waals surface area contributed by atoms with Crippen LogP contribution in [-0.2, 0) is 11.3 Å². The number of aromatic nitrogens is 2. The molecule has 0 spiro atoms. The molecule has 0 bridgehead atoms. The molecule has 102 valence electrons. The molecule has 0 fully saturated rings. The van der Waals surface area contributed by atoms with Gasteiger partial charge in [0.2, 0.25) is 0 Å². The quantitative estimate of drug-likeness (QED) is 0.802. The number of hydrogen-bond donors (Lipinski definition) is 1. The summed E-state index contributed by atoms with van der Waals surface area (Å²) in [6, 6.07) is 1.69. The fraction of sp³-hybridized carbons (Fsp3) is 0.667. The predicted octanol–water partition coefficient (Wildman–Crippen LogP) is 1.87. The second kappa shape index (κ2) is 6.31. The van der Waals surface area contributed by atoms with E-state index in [0.717, 1.165) is 6.54 Å². The number of hydrogen-bond acceptors (Lipinski definition) is 5. The second-order valence-corrected chi connectivity index (χ2v) is 5.11. The fourth-order valence-electron chi connectivity index (χ4n) is 1.63. The molecule has 1 N–H and O–H groups in total. The minimum Gasteiger partial charge on any atom is -0.389 e. The lowest BCUT2D eigenvalue weighted by Crippen LogP contribution is -2.39. The Morgan fingerprint density at radius 1 is 1.44 bits per heavy atom. The van der Waals surface area contributed by atoms with E-state index in [1.807, 2.05) is 11.8 Å². The van der Waals surface area contributed by atoms with Gasteiger partial charge >= 0.3 is 0 Å². The van der Waals surface area contributed by atoms with Crippen molar-refractivity contribution in [3.8, 4) is 0 Å². The number of ether oxygens (including phenoxy) is 1. The molecule has 0 saturated heterocycles. The van der Waals surface area contributed by atoms with E-state index < -0.39 is 5.60 Å². The first kappa shape index (κ1) is 15.1. The van der Waals surface area contributed by atoms with Crippen LogP contribution in [-0.4, -0.2) is 40.9 Å². The van der Waals surface area contributed by atoms with Crippen LogP contribution in [0.15, 0.2) is 6.07 Å². The summed E-state index contributed by atoms with van der Waals surface area (Å²) < 4.78 is 5.00. The minimum atomic E-state index is -0.797. The lowest BCUT2D eigenvalue weighted by atomic mass is 10.1. The van der Waals surface area contributed by atoms with Crippen LogP contribution in [0.4, 0.5) is 5.82 Å². The predicted molar refractivity (Wildman–Crippen MR) is 71.9 cm³/mol. The molecule has 1 aromatic heterocycles. The third-order valence-corrected chi connectivity index (χ3v) is 2.48. The van der Waals surface area contributed by atoms with Crippen molar-refractivity contribution in [3.05, 3.63) is 17.0 Å². The third kappa shape index (κ3) is 4.76. The Labute approximate surface area is 113 Å². The van der Waals surface area contributed by atoms with Gasteiger partial charge in [0.05, 0.1) is 5.60 Å². The van der Waals surface area contributed by atoms with Gasteiger partial charge in [-0.05, 0) is 20.8 Å². The van der Waals surface area contributed by atoms with Gasteiger partial charge in [-0.15, -0.1) is 0 Å². The number of anilines is 1. The molecule has 0 unspecified atom stereocenters. The van der Waals surface area contributed by atoms with E-state index in [2.05, 4.69) is 9.97 Å². The molecule has 6 heteroatoms.